The highest BCUT2D eigenvalue weighted by Gasteiger charge is 2.30. The van der Waals surface area contributed by atoms with Crippen molar-refractivity contribution in [3.8, 4) is 11.3 Å². The molecule has 1 atom stereocenters. The van der Waals surface area contributed by atoms with Gasteiger partial charge in [0.15, 0.2) is 0 Å². The number of halogens is 1. The van der Waals surface area contributed by atoms with E-state index in [9.17, 15) is 9.18 Å². The van der Waals surface area contributed by atoms with Crippen molar-refractivity contribution < 1.29 is 9.18 Å². The number of carbonyl (C=O) groups excluding carboxylic acids is 1. The highest BCUT2D eigenvalue weighted by atomic mass is 19.1. The van der Waals surface area contributed by atoms with Crippen molar-refractivity contribution in [3.05, 3.63) is 66.0 Å². The summed E-state index contributed by atoms with van der Waals surface area (Å²) in [6.45, 7) is 1.52. The van der Waals surface area contributed by atoms with Gasteiger partial charge in [-0.3, -0.25) is 4.79 Å². The smallest absolute Gasteiger partial charge is 0.254 e. The molecule has 0 spiro atoms. The summed E-state index contributed by atoms with van der Waals surface area (Å²) in [5, 5.41) is 3.86. The van der Waals surface area contributed by atoms with Crippen LogP contribution in [0, 0.1) is 5.82 Å². The Balaban J connectivity index is 1.84. The van der Waals surface area contributed by atoms with Gasteiger partial charge in [0.05, 0.1) is 16.8 Å². The third-order valence-corrected chi connectivity index (χ3v) is 5.15. The third kappa shape index (κ3) is 3.43. The average molecular weight is 363 g/mol. The molecule has 2 aromatic carbocycles. The molecule has 4 rings (SSSR count). The Kier molecular flexibility index (Phi) is 4.86. The fourth-order valence-electron chi connectivity index (χ4n) is 3.84. The van der Waals surface area contributed by atoms with E-state index in [1.807, 2.05) is 48.3 Å². The molecule has 1 fully saturated rings. The highest BCUT2D eigenvalue weighted by Crippen LogP contribution is 2.28. The number of nitrogens with zero attached hydrogens (tertiary/aromatic N) is 2. The lowest BCUT2D eigenvalue weighted by Crippen LogP contribution is -2.40. The van der Waals surface area contributed by atoms with Crippen molar-refractivity contribution in [3.63, 3.8) is 0 Å². The van der Waals surface area contributed by atoms with Crippen LogP contribution in [0.15, 0.2) is 54.6 Å². The highest BCUT2D eigenvalue weighted by molar-refractivity contribution is 6.07. The lowest BCUT2D eigenvalue weighted by molar-refractivity contribution is 0.0739. The molecule has 1 aliphatic rings. The fourth-order valence-corrected chi connectivity index (χ4v) is 3.84. The molecule has 5 heteroatoms. The van der Waals surface area contributed by atoms with E-state index in [1.54, 1.807) is 6.07 Å². The van der Waals surface area contributed by atoms with Crippen molar-refractivity contribution in [2.45, 2.75) is 18.9 Å². The van der Waals surface area contributed by atoms with Gasteiger partial charge in [-0.25, -0.2) is 9.37 Å². The molecule has 1 unspecified atom stereocenters. The Morgan fingerprint density at radius 1 is 1.22 bits per heavy atom. The molecule has 138 valence electrons. The van der Waals surface area contributed by atoms with Crippen molar-refractivity contribution in [2.24, 2.45) is 0 Å². The number of rotatable bonds is 4. The van der Waals surface area contributed by atoms with Crippen LogP contribution in [0.4, 0.5) is 4.39 Å². The topological polar surface area (TPSA) is 45.2 Å². The lowest BCUT2D eigenvalue weighted by Gasteiger charge is -2.25. The van der Waals surface area contributed by atoms with E-state index in [-0.39, 0.29) is 17.8 Å². The minimum atomic E-state index is -0.354. The maximum atomic E-state index is 13.8. The SMILES string of the molecule is CNCC1CCCN1C(=O)c1cc(-c2ccccc2)nc2cc(F)ccc12. The van der Waals surface area contributed by atoms with Crippen LogP contribution in [0.1, 0.15) is 23.2 Å². The predicted octanol–water partition coefficient (Wildman–Crippen LogP) is 3.86. The molecule has 4 nitrogen and oxygen atoms in total. The summed E-state index contributed by atoms with van der Waals surface area (Å²) in [5.74, 6) is -0.364. The number of hydrogen-bond acceptors (Lipinski definition) is 3. The molecule has 3 aromatic rings. The molecule has 1 aromatic heterocycles. The van der Waals surface area contributed by atoms with Gasteiger partial charge >= 0.3 is 0 Å². The first-order valence-electron chi connectivity index (χ1n) is 9.28. The van der Waals surface area contributed by atoms with Gasteiger partial charge in [-0.2, -0.15) is 0 Å². The first-order valence-corrected chi connectivity index (χ1v) is 9.28. The molecular weight excluding hydrogens is 341 g/mol. The van der Waals surface area contributed by atoms with Gasteiger partial charge in [-0.1, -0.05) is 30.3 Å². The van der Waals surface area contributed by atoms with Gasteiger partial charge < -0.3 is 10.2 Å². The minimum absolute atomic E-state index is 0.0102. The zero-order valence-corrected chi connectivity index (χ0v) is 15.3. The van der Waals surface area contributed by atoms with Crippen LogP contribution in [0.3, 0.4) is 0 Å². The molecule has 1 N–H and O–H groups in total. The first-order chi connectivity index (χ1) is 13.2. The van der Waals surface area contributed by atoms with Crippen LogP contribution < -0.4 is 5.32 Å². The Labute approximate surface area is 158 Å². The van der Waals surface area contributed by atoms with Crippen LogP contribution in [0.5, 0.6) is 0 Å². The number of nitrogens with one attached hydrogen (secondary N) is 1. The molecular formula is C22H22FN3O. The number of pyridine rings is 1. The van der Waals surface area contributed by atoms with Crippen LogP contribution >= 0.6 is 0 Å². The summed E-state index contributed by atoms with van der Waals surface area (Å²) >= 11 is 0. The zero-order chi connectivity index (χ0) is 18.8. The zero-order valence-electron chi connectivity index (χ0n) is 15.3. The fraction of sp³-hybridized carbons (Fsp3) is 0.273. The monoisotopic (exact) mass is 363 g/mol. The van der Waals surface area contributed by atoms with Gasteiger partial charge in [-0.15, -0.1) is 0 Å². The third-order valence-electron chi connectivity index (χ3n) is 5.15. The summed E-state index contributed by atoms with van der Waals surface area (Å²) in [7, 11) is 1.90. The van der Waals surface area contributed by atoms with Crippen molar-refractivity contribution in [1.29, 1.82) is 0 Å². The number of fused-ring (bicyclic) bond motifs is 1. The van der Waals surface area contributed by atoms with E-state index in [2.05, 4.69) is 10.3 Å². The molecule has 1 saturated heterocycles. The molecule has 0 bridgehead atoms. The lowest BCUT2D eigenvalue weighted by atomic mass is 10.0. The normalized spacial score (nSPS) is 16.8. The maximum Gasteiger partial charge on any atom is 0.254 e. The van der Waals surface area contributed by atoms with Crippen molar-refractivity contribution in [1.82, 2.24) is 15.2 Å². The molecule has 27 heavy (non-hydrogen) atoms. The number of aromatic nitrogens is 1. The largest absolute Gasteiger partial charge is 0.334 e. The van der Waals surface area contributed by atoms with E-state index in [0.29, 0.717) is 22.2 Å². The quantitative estimate of drug-likeness (QED) is 0.765. The number of benzene rings is 2. The van der Waals surface area contributed by atoms with Crippen LogP contribution in [0.2, 0.25) is 0 Å². The van der Waals surface area contributed by atoms with Gasteiger partial charge in [0, 0.05) is 36.1 Å². The second kappa shape index (κ2) is 7.45. The number of amides is 1. The summed E-state index contributed by atoms with van der Waals surface area (Å²) < 4.78 is 13.8. The molecule has 0 saturated carbocycles. The van der Waals surface area contributed by atoms with Gasteiger partial charge in [0.2, 0.25) is 0 Å². The van der Waals surface area contributed by atoms with Crippen molar-refractivity contribution in [2.75, 3.05) is 20.1 Å². The van der Waals surface area contributed by atoms with Crippen LogP contribution in [-0.2, 0) is 0 Å². The summed E-state index contributed by atoms with van der Waals surface area (Å²) in [6.07, 6.45) is 2.00. The number of likely N-dealkylation sites (tertiary alicyclic amines) is 1. The summed E-state index contributed by atoms with van der Waals surface area (Å²) in [6, 6.07) is 16.1. The Morgan fingerprint density at radius 3 is 2.81 bits per heavy atom. The van der Waals surface area contributed by atoms with Crippen molar-refractivity contribution >= 4 is 16.8 Å². The number of carbonyl (C=O) groups is 1. The molecule has 1 amide bonds. The van der Waals surface area contributed by atoms with E-state index >= 15 is 0 Å². The Morgan fingerprint density at radius 2 is 2.04 bits per heavy atom. The predicted molar refractivity (Wildman–Crippen MR) is 105 cm³/mol. The van der Waals surface area contributed by atoms with E-state index in [0.717, 1.165) is 31.5 Å². The standard InChI is InChI=1S/C22H22FN3O/c1-24-14-17-8-5-11-26(17)22(27)19-13-20(15-6-3-2-4-7-15)25-21-12-16(23)9-10-18(19)21/h2-4,6-7,9-10,12-13,17,24H,5,8,11,14H2,1H3. The first kappa shape index (κ1) is 17.6. The van der Waals surface area contributed by atoms with E-state index < -0.39 is 0 Å². The summed E-state index contributed by atoms with van der Waals surface area (Å²) in [5.41, 5.74) is 2.68. The van der Waals surface area contributed by atoms with Gasteiger partial charge in [0.1, 0.15) is 5.82 Å². The Hall–Kier alpha value is -2.79. The van der Waals surface area contributed by atoms with Gasteiger partial charge in [-0.05, 0) is 38.1 Å². The number of likely N-dealkylation sites (N-methyl/N-ethyl adjacent to an activating group) is 1. The van der Waals surface area contributed by atoms with E-state index in [4.69, 9.17) is 0 Å². The number of hydrogen-bond donors (Lipinski definition) is 1. The maximum absolute atomic E-state index is 13.8. The van der Waals surface area contributed by atoms with E-state index in [1.165, 1.54) is 12.1 Å². The molecule has 0 aliphatic carbocycles. The molecule has 1 aliphatic heterocycles. The Bertz CT molecular complexity index is 974. The van der Waals surface area contributed by atoms with Gasteiger partial charge in [0.25, 0.3) is 5.91 Å². The van der Waals surface area contributed by atoms with Crippen LogP contribution in [0.25, 0.3) is 22.2 Å². The second-order valence-corrected chi connectivity index (χ2v) is 6.93. The average Bonchev–Trinajstić information content (AvgIpc) is 3.15. The molecule has 0 radical (unpaired) electrons. The summed E-state index contributed by atoms with van der Waals surface area (Å²) in [4.78, 5) is 19.9. The molecule has 2 heterocycles. The minimum Gasteiger partial charge on any atom is -0.334 e. The second-order valence-electron chi connectivity index (χ2n) is 6.93. The van der Waals surface area contributed by atoms with Crippen LogP contribution in [-0.4, -0.2) is 42.0 Å².